The van der Waals surface area contributed by atoms with E-state index in [4.69, 9.17) is 14.6 Å². The molecule has 1 heterocycles. The highest BCUT2D eigenvalue weighted by Gasteiger charge is 2.18. The molecule has 0 aliphatic rings. The summed E-state index contributed by atoms with van der Waals surface area (Å²) in [6, 6.07) is 3.26. The molecule has 0 saturated carbocycles. The van der Waals surface area contributed by atoms with Crippen LogP contribution < -0.4 is 15.0 Å². The average molecular weight is 263 g/mol. The maximum atomic E-state index is 11.8. The van der Waals surface area contributed by atoms with Crippen LogP contribution in [-0.2, 0) is 0 Å². The lowest BCUT2D eigenvalue weighted by Crippen LogP contribution is -2.19. The average Bonchev–Trinajstić information content (AvgIpc) is 2.36. The Balaban J connectivity index is 2.96. The number of methoxy groups -OCH3 is 2. The quantitative estimate of drug-likeness (QED) is 0.877. The maximum absolute atomic E-state index is 11.8. The van der Waals surface area contributed by atoms with E-state index in [1.54, 1.807) is 19.1 Å². The van der Waals surface area contributed by atoms with Gasteiger partial charge in [-0.1, -0.05) is 0 Å². The molecule has 0 spiro atoms. The van der Waals surface area contributed by atoms with Crippen LogP contribution in [0.15, 0.2) is 16.9 Å². The van der Waals surface area contributed by atoms with Gasteiger partial charge in [0.2, 0.25) is 0 Å². The fraction of sp³-hybridized carbons (Fsp3) is 0.231. The third kappa shape index (κ3) is 2.01. The number of carboxylic acid groups (broad SMARTS) is 1. The highest BCUT2D eigenvalue weighted by Crippen LogP contribution is 2.32. The Kier molecular flexibility index (Phi) is 3.16. The summed E-state index contributed by atoms with van der Waals surface area (Å²) in [4.78, 5) is 25.4. The Morgan fingerprint density at radius 3 is 2.47 bits per heavy atom. The molecular formula is C13H13NO5. The summed E-state index contributed by atoms with van der Waals surface area (Å²) < 4.78 is 10.3. The van der Waals surface area contributed by atoms with E-state index in [0.717, 1.165) is 0 Å². The highest BCUT2D eigenvalue weighted by molar-refractivity contribution is 5.98. The van der Waals surface area contributed by atoms with Gasteiger partial charge in [0.25, 0.3) is 5.56 Å². The molecule has 0 aliphatic carbocycles. The van der Waals surface area contributed by atoms with Crippen LogP contribution in [0.25, 0.3) is 10.9 Å². The molecule has 2 rings (SSSR count). The number of carbonyl (C=O) groups is 1. The number of hydrogen-bond donors (Lipinski definition) is 2. The Morgan fingerprint density at radius 2 is 1.95 bits per heavy atom. The zero-order valence-corrected chi connectivity index (χ0v) is 10.7. The molecule has 19 heavy (non-hydrogen) atoms. The number of carboxylic acids is 1. The zero-order chi connectivity index (χ0) is 14.2. The van der Waals surface area contributed by atoms with Crippen molar-refractivity contribution < 1.29 is 19.4 Å². The summed E-state index contributed by atoms with van der Waals surface area (Å²) >= 11 is 0. The molecule has 0 aliphatic heterocycles. The van der Waals surface area contributed by atoms with Gasteiger partial charge < -0.3 is 19.6 Å². The second-order valence-electron chi connectivity index (χ2n) is 4.01. The van der Waals surface area contributed by atoms with E-state index in [9.17, 15) is 9.59 Å². The number of hydrogen-bond acceptors (Lipinski definition) is 4. The number of aromatic carboxylic acids is 1. The van der Waals surface area contributed by atoms with Gasteiger partial charge in [0.1, 0.15) is 17.1 Å². The lowest BCUT2D eigenvalue weighted by molar-refractivity contribution is 0.0694. The smallest absolute Gasteiger partial charge is 0.341 e. The Bertz CT molecular complexity index is 717. The predicted octanol–water partition coefficient (Wildman–Crippen LogP) is 1.55. The minimum absolute atomic E-state index is 0.282. The standard InChI is InChI=1S/C13H13NO5/c1-6-10-8(14-12(15)11(6)13(16)17)4-7(18-2)5-9(10)19-3/h4-5H,1-3H3,(H,14,15)(H,16,17). The number of fused-ring (bicyclic) bond motifs is 1. The molecule has 2 N–H and O–H groups in total. The molecule has 0 saturated heterocycles. The fourth-order valence-corrected chi connectivity index (χ4v) is 2.09. The first kappa shape index (κ1) is 12.9. The van der Waals surface area contributed by atoms with Crippen molar-refractivity contribution >= 4 is 16.9 Å². The number of pyridine rings is 1. The van der Waals surface area contributed by atoms with Gasteiger partial charge in [-0.15, -0.1) is 0 Å². The number of ether oxygens (including phenoxy) is 2. The Morgan fingerprint density at radius 1 is 1.26 bits per heavy atom. The number of aromatic nitrogens is 1. The van der Waals surface area contributed by atoms with E-state index in [-0.39, 0.29) is 5.56 Å². The fourth-order valence-electron chi connectivity index (χ4n) is 2.09. The molecule has 0 radical (unpaired) electrons. The molecule has 0 amide bonds. The Labute approximate surface area is 108 Å². The van der Waals surface area contributed by atoms with Crippen molar-refractivity contribution in [2.24, 2.45) is 0 Å². The van der Waals surface area contributed by atoms with Gasteiger partial charge in [0.15, 0.2) is 0 Å². The number of aromatic amines is 1. The normalized spacial score (nSPS) is 10.5. The molecule has 6 heteroatoms. The molecule has 0 atom stereocenters. The summed E-state index contributed by atoms with van der Waals surface area (Å²) in [6.07, 6.45) is 0. The molecule has 0 fully saturated rings. The molecule has 0 bridgehead atoms. The molecule has 100 valence electrons. The summed E-state index contributed by atoms with van der Waals surface area (Å²) in [7, 11) is 2.97. The van der Waals surface area contributed by atoms with Gasteiger partial charge in [0, 0.05) is 17.5 Å². The third-order valence-electron chi connectivity index (χ3n) is 2.97. The number of nitrogens with one attached hydrogen (secondary N) is 1. The van der Waals surface area contributed by atoms with Crippen LogP contribution >= 0.6 is 0 Å². The summed E-state index contributed by atoms with van der Waals surface area (Å²) in [5.41, 5.74) is -0.0850. The molecule has 0 unspecified atom stereocenters. The van der Waals surface area contributed by atoms with Crippen LogP contribution in [0.2, 0.25) is 0 Å². The van der Waals surface area contributed by atoms with Gasteiger partial charge in [-0.25, -0.2) is 4.79 Å². The van der Waals surface area contributed by atoms with Gasteiger partial charge in [0.05, 0.1) is 19.7 Å². The van der Waals surface area contributed by atoms with Crippen LogP contribution in [-0.4, -0.2) is 30.3 Å². The van der Waals surface area contributed by atoms with Gasteiger partial charge in [-0.3, -0.25) is 4.79 Å². The third-order valence-corrected chi connectivity index (χ3v) is 2.97. The van der Waals surface area contributed by atoms with Crippen LogP contribution in [0, 0.1) is 6.92 Å². The topological polar surface area (TPSA) is 88.6 Å². The molecule has 2 aromatic rings. The van der Waals surface area contributed by atoms with Crippen LogP contribution in [0.3, 0.4) is 0 Å². The van der Waals surface area contributed by atoms with E-state index in [1.165, 1.54) is 14.2 Å². The number of benzene rings is 1. The maximum Gasteiger partial charge on any atom is 0.341 e. The number of H-pyrrole nitrogens is 1. The van der Waals surface area contributed by atoms with Crippen molar-refractivity contribution in [3.05, 3.63) is 33.6 Å². The largest absolute Gasteiger partial charge is 0.497 e. The minimum Gasteiger partial charge on any atom is -0.497 e. The summed E-state index contributed by atoms with van der Waals surface area (Å²) in [5.74, 6) is -0.299. The van der Waals surface area contributed by atoms with E-state index in [0.29, 0.717) is 28.0 Å². The zero-order valence-electron chi connectivity index (χ0n) is 10.7. The second kappa shape index (κ2) is 4.64. The molecule has 1 aromatic carbocycles. The van der Waals surface area contributed by atoms with E-state index in [2.05, 4.69) is 4.98 Å². The van der Waals surface area contributed by atoms with E-state index >= 15 is 0 Å². The monoisotopic (exact) mass is 263 g/mol. The first-order valence-electron chi connectivity index (χ1n) is 5.51. The van der Waals surface area contributed by atoms with Crippen molar-refractivity contribution in [2.75, 3.05) is 14.2 Å². The Hall–Kier alpha value is -2.50. The summed E-state index contributed by atoms with van der Waals surface area (Å²) in [5, 5.41) is 9.64. The molecular weight excluding hydrogens is 250 g/mol. The van der Waals surface area contributed by atoms with Crippen molar-refractivity contribution in [3.63, 3.8) is 0 Å². The molecule has 1 aromatic heterocycles. The van der Waals surface area contributed by atoms with Crippen LogP contribution in [0.4, 0.5) is 0 Å². The molecule has 6 nitrogen and oxygen atoms in total. The van der Waals surface area contributed by atoms with E-state index in [1.807, 2.05) is 0 Å². The van der Waals surface area contributed by atoms with Crippen LogP contribution in [0.1, 0.15) is 15.9 Å². The number of aryl methyl sites for hydroxylation is 1. The van der Waals surface area contributed by atoms with Crippen molar-refractivity contribution in [1.29, 1.82) is 0 Å². The highest BCUT2D eigenvalue weighted by atomic mass is 16.5. The lowest BCUT2D eigenvalue weighted by atomic mass is 10.0. The summed E-state index contributed by atoms with van der Waals surface area (Å²) in [6.45, 7) is 1.58. The number of rotatable bonds is 3. The van der Waals surface area contributed by atoms with Crippen molar-refractivity contribution in [3.8, 4) is 11.5 Å². The first-order chi connectivity index (χ1) is 8.99. The van der Waals surface area contributed by atoms with E-state index < -0.39 is 11.5 Å². The van der Waals surface area contributed by atoms with Gasteiger partial charge >= 0.3 is 5.97 Å². The second-order valence-corrected chi connectivity index (χ2v) is 4.01. The lowest BCUT2D eigenvalue weighted by Gasteiger charge is -2.12. The van der Waals surface area contributed by atoms with Gasteiger partial charge in [-0.05, 0) is 12.5 Å². The van der Waals surface area contributed by atoms with Gasteiger partial charge in [-0.2, -0.15) is 0 Å². The predicted molar refractivity (Wildman–Crippen MR) is 69.4 cm³/mol. The first-order valence-corrected chi connectivity index (χ1v) is 5.51. The SMILES string of the molecule is COc1cc(OC)c2c(C)c(C(=O)O)c(=O)[nH]c2c1. The van der Waals surface area contributed by atoms with Crippen molar-refractivity contribution in [1.82, 2.24) is 4.98 Å². The van der Waals surface area contributed by atoms with Crippen LogP contribution in [0.5, 0.6) is 11.5 Å². The minimum atomic E-state index is -1.27. The van der Waals surface area contributed by atoms with Crippen molar-refractivity contribution in [2.45, 2.75) is 6.92 Å².